The van der Waals surface area contributed by atoms with Gasteiger partial charge in [0.2, 0.25) is 0 Å². The Kier molecular flexibility index (Phi) is 2.62. The average molecular weight is 215 g/mol. The molecule has 3 rings (SSSR count). The Morgan fingerprint density at radius 1 is 1.38 bits per heavy atom. The fraction of sp³-hybridized carbons (Fsp3) is 0.462. The van der Waals surface area contributed by atoms with Crippen LogP contribution in [-0.4, -0.2) is 22.0 Å². The van der Waals surface area contributed by atoms with E-state index >= 15 is 0 Å². The molecule has 0 spiro atoms. The Labute approximate surface area is 95.5 Å². The van der Waals surface area contributed by atoms with Gasteiger partial charge >= 0.3 is 0 Å². The fourth-order valence-electron chi connectivity index (χ4n) is 2.44. The number of piperidine rings is 1. The van der Waals surface area contributed by atoms with Gasteiger partial charge < -0.3 is 9.72 Å². The summed E-state index contributed by atoms with van der Waals surface area (Å²) >= 11 is 0. The summed E-state index contributed by atoms with van der Waals surface area (Å²) in [7, 11) is 0. The van der Waals surface area contributed by atoms with E-state index in [4.69, 9.17) is 0 Å². The molecule has 1 atom stereocenters. The summed E-state index contributed by atoms with van der Waals surface area (Å²) in [5.41, 5.74) is 2.25. The van der Waals surface area contributed by atoms with Gasteiger partial charge in [-0.05, 0) is 31.5 Å². The molecule has 1 saturated heterocycles. The lowest BCUT2D eigenvalue weighted by Gasteiger charge is -2.22. The van der Waals surface area contributed by atoms with Crippen LogP contribution in [0.25, 0.3) is 5.65 Å². The van der Waals surface area contributed by atoms with Gasteiger partial charge in [0.1, 0.15) is 5.65 Å². The zero-order valence-corrected chi connectivity index (χ0v) is 9.39. The summed E-state index contributed by atoms with van der Waals surface area (Å²) in [6.07, 6.45) is 9.22. The first kappa shape index (κ1) is 9.85. The molecule has 3 nitrogen and oxygen atoms in total. The number of hydrogen-bond acceptors (Lipinski definition) is 2. The first-order chi connectivity index (χ1) is 7.92. The molecular weight excluding hydrogens is 198 g/mol. The van der Waals surface area contributed by atoms with E-state index in [-0.39, 0.29) is 0 Å². The molecule has 2 aromatic rings. The molecule has 0 bridgehead atoms. The van der Waals surface area contributed by atoms with Crippen molar-refractivity contribution in [2.45, 2.75) is 31.7 Å². The smallest absolute Gasteiger partial charge is 0.136 e. The second-order valence-electron chi connectivity index (χ2n) is 4.55. The molecule has 2 aromatic heterocycles. The van der Waals surface area contributed by atoms with Crippen molar-refractivity contribution in [1.82, 2.24) is 14.7 Å². The Morgan fingerprint density at radius 3 is 3.19 bits per heavy atom. The van der Waals surface area contributed by atoms with Gasteiger partial charge in [-0.15, -0.1) is 0 Å². The maximum Gasteiger partial charge on any atom is 0.136 e. The Balaban J connectivity index is 1.78. The first-order valence-corrected chi connectivity index (χ1v) is 6.08. The van der Waals surface area contributed by atoms with Gasteiger partial charge in [-0.3, -0.25) is 0 Å². The zero-order valence-electron chi connectivity index (χ0n) is 9.39. The Hall–Kier alpha value is -1.35. The summed E-state index contributed by atoms with van der Waals surface area (Å²) in [5, 5.41) is 3.56. The molecule has 1 N–H and O–H groups in total. The molecule has 0 radical (unpaired) electrons. The number of hydrogen-bond donors (Lipinski definition) is 1. The van der Waals surface area contributed by atoms with E-state index < -0.39 is 0 Å². The van der Waals surface area contributed by atoms with Gasteiger partial charge in [-0.2, -0.15) is 0 Å². The van der Waals surface area contributed by atoms with Gasteiger partial charge in [0.15, 0.2) is 0 Å². The molecule has 0 aliphatic carbocycles. The number of aromatic nitrogens is 2. The molecule has 16 heavy (non-hydrogen) atoms. The SMILES string of the molecule is c1ccn2cc(C[C@@H]3CCCCN3)nc2c1. The van der Waals surface area contributed by atoms with Gasteiger partial charge in [-0.25, -0.2) is 4.98 Å². The van der Waals surface area contributed by atoms with Gasteiger partial charge in [0.05, 0.1) is 5.69 Å². The monoisotopic (exact) mass is 215 g/mol. The molecule has 1 fully saturated rings. The van der Waals surface area contributed by atoms with Crippen LogP contribution in [0.15, 0.2) is 30.6 Å². The van der Waals surface area contributed by atoms with Crippen LogP contribution in [0.5, 0.6) is 0 Å². The Morgan fingerprint density at radius 2 is 2.38 bits per heavy atom. The molecule has 0 unspecified atom stereocenters. The maximum atomic E-state index is 4.63. The molecule has 0 aromatic carbocycles. The van der Waals surface area contributed by atoms with Gasteiger partial charge in [-0.1, -0.05) is 12.5 Å². The Bertz CT molecular complexity index is 436. The summed E-state index contributed by atoms with van der Waals surface area (Å²) in [4.78, 5) is 4.63. The first-order valence-electron chi connectivity index (χ1n) is 6.08. The normalized spacial score (nSPS) is 21.4. The van der Waals surface area contributed by atoms with E-state index in [1.807, 2.05) is 12.1 Å². The molecule has 0 saturated carbocycles. The van der Waals surface area contributed by atoms with Crippen molar-refractivity contribution < 1.29 is 0 Å². The molecule has 1 aliphatic rings. The lowest BCUT2D eigenvalue weighted by atomic mass is 10.0. The fourth-order valence-corrected chi connectivity index (χ4v) is 2.44. The van der Waals surface area contributed by atoms with Crippen molar-refractivity contribution in [2.24, 2.45) is 0 Å². The predicted molar refractivity (Wildman–Crippen MR) is 64.5 cm³/mol. The van der Waals surface area contributed by atoms with Crippen molar-refractivity contribution in [3.8, 4) is 0 Å². The molecule has 0 amide bonds. The van der Waals surface area contributed by atoms with E-state index in [0.29, 0.717) is 6.04 Å². The number of nitrogens with one attached hydrogen (secondary N) is 1. The summed E-state index contributed by atoms with van der Waals surface area (Å²) in [5.74, 6) is 0. The van der Waals surface area contributed by atoms with E-state index in [0.717, 1.165) is 18.6 Å². The van der Waals surface area contributed by atoms with Crippen LogP contribution in [0.3, 0.4) is 0 Å². The third kappa shape index (κ3) is 1.95. The quantitative estimate of drug-likeness (QED) is 0.830. The second kappa shape index (κ2) is 4.26. The standard InChI is InChI=1S/C13H17N3/c1-3-7-14-11(5-1)9-12-10-16-8-4-2-6-13(16)15-12/h2,4,6,8,10-11,14H,1,3,5,7,9H2/t11-/m0/s1. The number of fused-ring (bicyclic) bond motifs is 1. The van der Waals surface area contributed by atoms with Crippen molar-refractivity contribution in [2.75, 3.05) is 6.54 Å². The maximum absolute atomic E-state index is 4.63. The largest absolute Gasteiger partial charge is 0.314 e. The molecule has 1 aliphatic heterocycles. The molecule has 3 heterocycles. The minimum atomic E-state index is 0.624. The lowest BCUT2D eigenvalue weighted by Crippen LogP contribution is -2.35. The van der Waals surface area contributed by atoms with Gasteiger partial charge in [0.25, 0.3) is 0 Å². The number of rotatable bonds is 2. The minimum absolute atomic E-state index is 0.624. The highest BCUT2D eigenvalue weighted by atomic mass is 15.0. The third-order valence-electron chi connectivity index (χ3n) is 3.28. The van der Waals surface area contributed by atoms with E-state index in [1.165, 1.54) is 25.0 Å². The van der Waals surface area contributed by atoms with E-state index in [1.54, 1.807) is 0 Å². The van der Waals surface area contributed by atoms with Crippen LogP contribution >= 0.6 is 0 Å². The topological polar surface area (TPSA) is 29.3 Å². The summed E-state index contributed by atoms with van der Waals surface area (Å²) in [6.45, 7) is 1.16. The van der Waals surface area contributed by atoms with E-state index in [9.17, 15) is 0 Å². The molecular formula is C13H17N3. The average Bonchev–Trinajstić information content (AvgIpc) is 2.72. The number of pyridine rings is 1. The summed E-state index contributed by atoms with van der Waals surface area (Å²) < 4.78 is 2.10. The van der Waals surface area contributed by atoms with E-state index in [2.05, 4.69) is 33.2 Å². The highest BCUT2D eigenvalue weighted by molar-refractivity contribution is 5.39. The second-order valence-corrected chi connectivity index (χ2v) is 4.55. The number of nitrogens with zero attached hydrogens (tertiary/aromatic N) is 2. The third-order valence-corrected chi connectivity index (χ3v) is 3.28. The van der Waals surface area contributed by atoms with Crippen molar-refractivity contribution >= 4 is 5.65 Å². The molecule has 84 valence electrons. The van der Waals surface area contributed by atoms with Gasteiger partial charge in [0, 0.05) is 24.9 Å². The van der Waals surface area contributed by atoms with Crippen LogP contribution in [-0.2, 0) is 6.42 Å². The van der Waals surface area contributed by atoms with Crippen LogP contribution in [0.4, 0.5) is 0 Å². The highest BCUT2D eigenvalue weighted by Gasteiger charge is 2.14. The van der Waals surface area contributed by atoms with Crippen LogP contribution in [0, 0.1) is 0 Å². The highest BCUT2D eigenvalue weighted by Crippen LogP contribution is 2.13. The summed E-state index contributed by atoms with van der Waals surface area (Å²) in [6, 6.07) is 6.75. The predicted octanol–water partition coefficient (Wildman–Crippen LogP) is 2.02. The molecule has 3 heteroatoms. The minimum Gasteiger partial charge on any atom is -0.314 e. The zero-order chi connectivity index (χ0) is 10.8. The van der Waals surface area contributed by atoms with Crippen LogP contribution < -0.4 is 5.32 Å². The van der Waals surface area contributed by atoms with Crippen LogP contribution in [0.2, 0.25) is 0 Å². The lowest BCUT2D eigenvalue weighted by molar-refractivity contribution is 0.397. The van der Waals surface area contributed by atoms with Crippen LogP contribution in [0.1, 0.15) is 25.0 Å². The van der Waals surface area contributed by atoms with Crippen molar-refractivity contribution in [1.29, 1.82) is 0 Å². The number of imidazole rings is 1. The van der Waals surface area contributed by atoms with Crippen molar-refractivity contribution in [3.05, 3.63) is 36.3 Å². The van der Waals surface area contributed by atoms with Crippen molar-refractivity contribution in [3.63, 3.8) is 0 Å².